The molecule has 2 fully saturated rings. The molecular formula is C16H20BrN5O. The molecule has 4 rings (SSSR count). The van der Waals surface area contributed by atoms with Crippen molar-refractivity contribution in [2.24, 2.45) is 0 Å². The number of nitrogens with zero attached hydrogens (tertiary/aromatic N) is 5. The summed E-state index contributed by atoms with van der Waals surface area (Å²) in [5, 5.41) is 1.07. The second-order valence-electron chi connectivity index (χ2n) is 6.01. The van der Waals surface area contributed by atoms with Gasteiger partial charge in [-0.25, -0.2) is 4.98 Å². The third-order valence-electron chi connectivity index (χ3n) is 4.48. The van der Waals surface area contributed by atoms with E-state index in [0.29, 0.717) is 0 Å². The van der Waals surface area contributed by atoms with Crippen LogP contribution in [0.4, 0.5) is 11.8 Å². The van der Waals surface area contributed by atoms with Crippen LogP contribution in [0.25, 0.3) is 10.9 Å². The quantitative estimate of drug-likeness (QED) is 0.801. The number of anilines is 2. The number of pyridine rings is 1. The number of aromatic nitrogens is 3. The lowest BCUT2D eigenvalue weighted by Gasteiger charge is -2.31. The van der Waals surface area contributed by atoms with E-state index in [1.165, 1.54) is 19.3 Å². The minimum absolute atomic E-state index is 0.733. The Morgan fingerprint density at radius 1 is 0.913 bits per heavy atom. The predicted octanol–water partition coefficient (Wildman–Crippen LogP) is 2.61. The molecule has 0 aliphatic carbocycles. The normalized spacial score (nSPS) is 19.3. The Hall–Kier alpha value is -1.47. The van der Waals surface area contributed by atoms with E-state index in [9.17, 15) is 0 Å². The highest BCUT2D eigenvalue weighted by Gasteiger charge is 2.22. The third-order valence-corrected chi connectivity index (χ3v) is 5.08. The van der Waals surface area contributed by atoms with Gasteiger partial charge in [-0.2, -0.15) is 4.98 Å². The maximum Gasteiger partial charge on any atom is 0.228 e. The predicted molar refractivity (Wildman–Crippen MR) is 94.1 cm³/mol. The van der Waals surface area contributed by atoms with E-state index in [1.54, 1.807) is 0 Å². The van der Waals surface area contributed by atoms with E-state index in [4.69, 9.17) is 14.7 Å². The molecule has 2 saturated heterocycles. The first-order valence-corrected chi connectivity index (χ1v) is 9.01. The van der Waals surface area contributed by atoms with Gasteiger partial charge in [-0.15, -0.1) is 0 Å². The standard InChI is InChI=1S/C16H20BrN5O/c17-12-10-18-11-13-14(12)15(21-4-2-1-3-5-21)20-16(19-13)22-6-8-23-9-7-22/h10-11H,1-9H2. The molecule has 23 heavy (non-hydrogen) atoms. The number of fused-ring (bicyclic) bond motifs is 1. The van der Waals surface area contributed by atoms with Crippen LogP contribution in [0.2, 0.25) is 0 Å². The molecule has 0 saturated carbocycles. The van der Waals surface area contributed by atoms with Crippen molar-refractivity contribution in [1.82, 2.24) is 15.0 Å². The van der Waals surface area contributed by atoms with Crippen LogP contribution < -0.4 is 9.80 Å². The van der Waals surface area contributed by atoms with E-state index in [1.807, 2.05) is 12.4 Å². The summed E-state index contributed by atoms with van der Waals surface area (Å²) >= 11 is 3.63. The number of piperidine rings is 1. The third kappa shape index (κ3) is 2.99. The van der Waals surface area contributed by atoms with Gasteiger partial charge in [-0.05, 0) is 35.2 Å². The molecule has 0 atom stereocenters. The van der Waals surface area contributed by atoms with Crippen LogP contribution in [-0.4, -0.2) is 54.3 Å². The van der Waals surface area contributed by atoms with Gasteiger partial charge in [0.25, 0.3) is 0 Å². The summed E-state index contributed by atoms with van der Waals surface area (Å²) in [5.74, 6) is 1.83. The monoisotopic (exact) mass is 377 g/mol. The van der Waals surface area contributed by atoms with Crippen molar-refractivity contribution in [3.8, 4) is 0 Å². The van der Waals surface area contributed by atoms with Gasteiger partial charge in [-0.3, -0.25) is 4.98 Å². The summed E-state index contributed by atoms with van der Waals surface area (Å²) in [5.41, 5.74) is 0.899. The van der Waals surface area contributed by atoms with Crippen molar-refractivity contribution in [3.63, 3.8) is 0 Å². The summed E-state index contributed by atoms with van der Waals surface area (Å²) in [4.78, 5) is 18.6. The van der Waals surface area contributed by atoms with Crippen molar-refractivity contribution in [2.45, 2.75) is 19.3 Å². The Balaban J connectivity index is 1.82. The zero-order valence-electron chi connectivity index (χ0n) is 13.0. The van der Waals surface area contributed by atoms with Crippen molar-refractivity contribution in [2.75, 3.05) is 49.2 Å². The molecule has 0 bridgehead atoms. The second-order valence-corrected chi connectivity index (χ2v) is 6.86. The van der Waals surface area contributed by atoms with Crippen LogP contribution in [0.1, 0.15) is 19.3 Å². The molecule has 0 spiro atoms. The van der Waals surface area contributed by atoms with Crippen LogP contribution in [0.3, 0.4) is 0 Å². The fraction of sp³-hybridized carbons (Fsp3) is 0.562. The molecule has 6 nitrogen and oxygen atoms in total. The van der Waals surface area contributed by atoms with Gasteiger partial charge in [0.2, 0.25) is 5.95 Å². The molecule has 2 aromatic rings. The van der Waals surface area contributed by atoms with Gasteiger partial charge < -0.3 is 14.5 Å². The zero-order chi connectivity index (χ0) is 15.6. The van der Waals surface area contributed by atoms with Gasteiger partial charge in [0.15, 0.2) is 0 Å². The van der Waals surface area contributed by atoms with Gasteiger partial charge in [0, 0.05) is 36.8 Å². The lowest BCUT2D eigenvalue weighted by atomic mass is 10.1. The van der Waals surface area contributed by atoms with E-state index in [2.05, 4.69) is 30.7 Å². The molecule has 2 aliphatic heterocycles. The Labute approximate surface area is 144 Å². The van der Waals surface area contributed by atoms with Crippen molar-refractivity contribution in [1.29, 1.82) is 0 Å². The number of halogens is 1. The summed E-state index contributed by atoms with van der Waals surface area (Å²) in [7, 11) is 0. The summed E-state index contributed by atoms with van der Waals surface area (Å²) in [6, 6.07) is 0. The largest absolute Gasteiger partial charge is 0.378 e. The maximum atomic E-state index is 5.45. The lowest BCUT2D eigenvalue weighted by Crippen LogP contribution is -2.38. The van der Waals surface area contributed by atoms with Gasteiger partial charge in [0.1, 0.15) is 5.82 Å². The van der Waals surface area contributed by atoms with Gasteiger partial charge >= 0.3 is 0 Å². The molecule has 0 radical (unpaired) electrons. The van der Waals surface area contributed by atoms with Crippen LogP contribution in [0.15, 0.2) is 16.9 Å². The smallest absolute Gasteiger partial charge is 0.228 e. The first kappa shape index (κ1) is 15.1. The molecule has 7 heteroatoms. The topological polar surface area (TPSA) is 54.4 Å². The van der Waals surface area contributed by atoms with E-state index >= 15 is 0 Å². The minimum Gasteiger partial charge on any atom is -0.378 e. The maximum absolute atomic E-state index is 5.45. The van der Waals surface area contributed by atoms with Gasteiger partial charge in [0.05, 0.1) is 30.3 Å². The summed E-state index contributed by atoms with van der Waals surface area (Å²) in [6.07, 6.45) is 7.41. The number of hydrogen-bond donors (Lipinski definition) is 0. The number of ether oxygens (including phenoxy) is 1. The van der Waals surface area contributed by atoms with E-state index in [-0.39, 0.29) is 0 Å². The van der Waals surface area contributed by atoms with Crippen LogP contribution >= 0.6 is 15.9 Å². The summed E-state index contributed by atoms with van der Waals surface area (Å²) < 4.78 is 6.41. The molecular weight excluding hydrogens is 358 g/mol. The molecule has 0 unspecified atom stereocenters. The Morgan fingerprint density at radius 3 is 2.48 bits per heavy atom. The molecule has 0 amide bonds. The number of morpholine rings is 1. The Kier molecular flexibility index (Phi) is 4.31. The van der Waals surface area contributed by atoms with Crippen LogP contribution in [-0.2, 0) is 4.74 Å². The SMILES string of the molecule is Brc1cncc2nc(N3CCOCC3)nc(N3CCCCC3)c12. The molecule has 2 aliphatic rings. The Morgan fingerprint density at radius 2 is 1.70 bits per heavy atom. The highest BCUT2D eigenvalue weighted by Crippen LogP contribution is 2.33. The highest BCUT2D eigenvalue weighted by atomic mass is 79.9. The van der Waals surface area contributed by atoms with Crippen molar-refractivity contribution in [3.05, 3.63) is 16.9 Å². The number of rotatable bonds is 2. The first-order valence-electron chi connectivity index (χ1n) is 8.22. The van der Waals surface area contributed by atoms with Crippen LogP contribution in [0, 0.1) is 0 Å². The lowest BCUT2D eigenvalue weighted by molar-refractivity contribution is 0.122. The van der Waals surface area contributed by atoms with E-state index < -0.39 is 0 Å². The van der Waals surface area contributed by atoms with Gasteiger partial charge in [-0.1, -0.05) is 0 Å². The van der Waals surface area contributed by atoms with Crippen molar-refractivity contribution < 1.29 is 4.74 Å². The first-order chi connectivity index (χ1) is 11.3. The number of hydrogen-bond acceptors (Lipinski definition) is 6. The molecule has 0 N–H and O–H groups in total. The molecule has 4 heterocycles. The van der Waals surface area contributed by atoms with E-state index in [0.717, 1.165) is 66.5 Å². The second kappa shape index (κ2) is 6.57. The zero-order valence-corrected chi connectivity index (χ0v) is 14.6. The highest BCUT2D eigenvalue weighted by molar-refractivity contribution is 9.10. The van der Waals surface area contributed by atoms with Crippen molar-refractivity contribution >= 4 is 38.6 Å². The Bertz CT molecular complexity index is 698. The molecule has 0 aromatic carbocycles. The average Bonchev–Trinajstić information content (AvgIpc) is 2.62. The molecule has 122 valence electrons. The average molecular weight is 378 g/mol. The minimum atomic E-state index is 0.733. The molecule has 2 aromatic heterocycles. The summed E-state index contributed by atoms with van der Waals surface area (Å²) in [6.45, 7) is 5.26. The van der Waals surface area contributed by atoms with Crippen LogP contribution in [0.5, 0.6) is 0 Å². The fourth-order valence-electron chi connectivity index (χ4n) is 3.25. The fourth-order valence-corrected chi connectivity index (χ4v) is 3.75.